The summed E-state index contributed by atoms with van der Waals surface area (Å²) in [7, 11) is 0. The number of carbonyl (C=O) groups is 2. The first-order valence-electron chi connectivity index (χ1n) is 11.4. The highest BCUT2D eigenvalue weighted by Crippen LogP contribution is 2.65. The Labute approximate surface area is 207 Å². The summed E-state index contributed by atoms with van der Waals surface area (Å²) in [4.78, 5) is 28.4. The molecule has 1 aromatic heterocycles. The number of carboxylic acids is 1. The van der Waals surface area contributed by atoms with Crippen LogP contribution in [-0.2, 0) is 21.4 Å². The minimum atomic E-state index is -0.870. The highest BCUT2D eigenvalue weighted by molar-refractivity contribution is 6.34. The number of nitrogens with zero attached hydrogens (tertiary/aromatic N) is 1. The van der Waals surface area contributed by atoms with E-state index < -0.39 is 11.4 Å². The Balaban J connectivity index is 1.36. The summed E-state index contributed by atoms with van der Waals surface area (Å²) in [5, 5.41) is 12.8. The largest absolute Gasteiger partial charge is 0.481 e. The topological polar surface area (TPSA) is 79.3 Å². The highest BCUT2D eigenvalue weighted by atomic mass is 35.5. The second-order valence-corrected chi connectivity index (χ2v) is 9.60. The van der Waals surface area contributed by atoms with Gasteiger partial charge >= 0.3 is 5.97 Å². The first-order chi connectivity index (χ1) is 17.0. The molecule has 172 valence electrons. The SMILES string of the molecule is O=C(O)Cc1cccc(C2CC23C(=O)Nc2cc(Cl)c(-c4ccc(-c5ccncc5)cc4)cc23)c1. The molecule has 2 heterocycles. The minimum Gasteiger partial charge on any atom is -0.481 e. The molecule has 1 aliphatic carbocycles. The van der Waals surface area contributed by atoms with Gasteiger partial charge in [-0.15, -0.1) is 0 Å². The average molecular weight is 481 g/mol. The van der Waals surface area contributed by atoms with E-state index in [4.69, 9.17) is 16.7 Å². The minimum absolute atomic E-state index is 0.000543. The number of pyridine rings is 1. The molecule has 1 amide bonds. The predicted molar refractivity (Wildman–Crippen MR) is 136 cm³/mol. The fourth-order valence-electron chi connectivity index (χ4n) is 5.32. The zero-order chi connectivity index (χ0) is 24.2. The molecule has 4 aromatic rings. The van der Waals surface area contributed by atoms with Gasteiger partial charge in [0.1, 0.15) is 0 Å². The van der Waals surface area contributed by atoms with Crippen molar-refractivity contribution in [3.63, 3.8) is 0 Å². The summed E-state index contributed by atoms with van der Waals surface area (Å²) in [6, 6.07) is 23.6. The number of amides is 1. The monoisotopic (exact) mass is 480 g/mol. The summed E-state index contributed by atoms with van der Waals surface area (Å²) < 4.78 is 0. The number of hydrogen-bond acceptors (Lipinski definition) is 3. The van der Waals surface area contributed by atoms with Gasteiger partial charge < -0.3 is 10.4 Å². The van der Waals surface area contributed by atoms with Crippen LogP contribution in [0.15, 0.2) is 85.2 Å². The Kier molecular flexibility index (Phi) is 4.97. The van der Waals surface area contributed by atoms with E-state index in [0.29, 0.717) is 11.4 Å². The van der Waals surface area contributed by atoms with E-state index in [1.165, 1.54) is 0 Å². The van der Waals surface area contributed by atoms with Gasteiger partial charge in [-0.3, -0.25) is 14.6 Å². The smallest absolute Gasteiger partial charge is 0.307 e. The maximum atomic E-state index is 13.2. The molecule has 2 unspecified atom stereocenters. The van der Waals surface area contributed by atoms with Crippen molar-refractivity contribution < 1.29 is 14.7 Å². The lowest BCUT2D eigenvalue weighted by Crippen LogP contribution is -2.21. The summed E-state index contributed by atoms with van der Waals surface area (Å²) in [5.74, 6) is -0.895. The molecule has 0 radical (unpaired) electrons. The van der Waals surface area contributed by atoms with Crippen molar-refractivity contribution in [1.29, 1.82) is 0 Å². The van der Waals surface area contributed by atoms with E-state index in [1.54, 1.807) is 12.4 Å². The lowest BCUT2D eigenvalue weighted by Gasteiger charge is -2.13. The van der Waals surface area contributed by atoms with Gasteiger partial charge in [0.05, 0.1) is 16.9 Å². The third-order valence-corrected chi connectivity index (χ3v) is 7.43. The maximum absolute atomic E-state index is 13.2. The van der Waals surface area contributed by atoms with Gasteiger partial charge in [-0.2, -0.15) is 0 Å². The van der Waals surface area contributed by atoms with Crippen LogP contribution in [0.2, 0.25) is 5.02 Å². The van der Waals surface area contributed by atoms with Gasteiger partial charge in [-0.05, 0) is 64.1 Å². The van der Waals surface area contributed by atoms with Gasteiger partial charge in [0.25, 0.3) is 0 Å². The second-order valence-electron chi connectivity index (χ2n) is 9.19. The number of fused-ring (bicyclic) bond motifs is 2. The first-order valence-corrected chi connectivity index (χ1v) is 11.8. The molecule has 3 aromatic carbocycles. The van der Waals surface area contributed by atoms with Crippen LogP contribution in [0.1, 0.15) is 29.0 Å². The van der Waals surface area contributed by atoms with Crippen molar-refractivity contribution in [2.24, 2.45) is 0 Å². The third-order valence-electron chi connectivity index (χ3n) is 7.12. The van der Waals surface area contributed by atoms with Crippen LogP contribution in [0.25, 0.3) is 22.3 Å². The molecular weight excluding hydrogens is 460 g/mol. The van der Waals surface area contributed by atoms with Crippen molar-refractivity contribution in [3.05, 3.63) is 107 Å². The first kappa shape index (κ1) is 21.6. The number of halogens is 1. The quantitative estimate of drug-likeness (QED) is 0.363. The fraction of sp³-hybridized carbons (Fsp3) is 0.138. The van der Waals surface area contributed by atoms with Crippen molar-refractivity contribution in [2.45, 2.75) is 24.2 Å². The van der Waals surface area contributed by atoms with Crippen LogP contribution < -0.4 is 5.32 Å². The molecule has 0 saturated heterocycles. The molecule has 1 aliphatic heterocycles. The van der Waals surface area contributed by atoms with Gasteiger partial charge in [0.2, 0.25) is 5.91 Å². The molecule has 1 spiro atoms. The van der Waals surface area contributed by atoms with Crippen LogP contribution >= 0.6 is 11.6 Å². The summed E-state index contributed by atoms with van der Waals surface area (Å²) >= 11 is 6.67. The molecule has 2 atom stereocenters. The number of nitrogens with one attached hydrogen (secondary N) is 1. The average Bonchev–Trinajstić information content (AvgIpc) is 3.55. The van der Waals surface area contributed by atoms with Crippen LogP contribution in [-0.4, -0.2) is 22.0 Å². The van der Waals surface area contributed by atoms with Crippen LogP contribution in [0.4, 0.5) is 5.69 Å². The van der Waals surface area contributed by atoms with Crippen LogP contribution in [0.3, 0.4) is 0 Å². The van der Waals surface area contributed by atoms with Crippen LogP contribution in [0.5, 0.6) is 0 Å². The number of carbonyl (C=O) groups excluding carboxylic acids is 1. The van der Waals surface area contributed by atoms with E-state index in [0.717, 1.165) is 44.6 Å². The Hall–Kier alpha value is -3.96. The third kappa shape index (κ3) is 3.60. The number of rotatable bonds is 5. The van der Waals surface area contributed by atoms with Gasteiger partial charge in [-0.1, -0.05) is 60.1 Å². The van der Waals surface area contributed by atoms with E-state index in [-0.39, 0.29) is 18.2 Å². The zero-order valence-corrected chi connectivity index (χ0v) is 19.4. The van der Waals surface area contributed by atoms with Crippen molar-refractivity contribution >= 4 is 29.2 Å². The van der Waals surface area contributed by atoms with E-state index in [9.17, 15) is 9.59 Å². The van der Waals surface area contributed by atoms with E-state index in [2.05, 4.69) is 22.4 Å². The number of aromatic nitrogens is 1. The number of benzene rings is 3. The fourth-order valence-corrected chi connectivity index (χ4v) is 5.59. The molecule has 6 rings (SSSR count). The number of carboxylic acid groups (broad SMARTS) is 1. The molecule has 0 bridgehead atoms. The molecular formula is C29H21ClN2O3. The molecule has 35 heavy (non-hydrogen) atoms. The Bertz CT molecular complexity index is 1480. The van der Waals surface area contributed by atoms with Crippen molar-refractivity contribution in [2.75, 3.05) is 5.32 Å². The molecule has 6 heteroatoms. The van der Waals surface area contributed by atoms with E-state index >= 15 is 0 Å². The van der Waals surface area contributed by atoms with Crippen molar-refractivity contribution in [3.8, 4) is 22.3 Å². The molecule has 1 saturated carbocycles. The molecule has 1 fully saturated rings. The predicted octanol–water partition coefficient (Wildman–Crippen LogP) is 6.07. The highest BCUT2D eigenvalue weighted by Gasteiger charge is 2.65. The summed E-state index contributed by atoms with van der Waals surface area (Å²) in [6.45, 7) is 0. The molecule has 5 nitrogen and oxygen atoms in total. The number of aliphatic carboxylic acids is 1. The lowest BCUT2D eigenvalue weighted by molar-refractivity contribution is -0.136. The number of anilines is 1. The zero-order valence-electron chi connectivity index (χ0n) is 18.7. The Morgan fingerprint density at radius 1 is 1.00 bits per heavy atom. The van der Waals surface area contributed by atoms with E-state index in [1.807, 2.05) is 60.7 Å². The number of hydrogen-bond donors (Lipinski definition) is 2. The Morgan fingerprint density at radius 3 is 2.46 bits per heavy atom. The Morgan fingerprint density at radius 2 is 1.71 bits per heavy atom. The van der Waals surface area contributed by atoms with Gasteiger partial charge in [-0.25, -0.2) is 0 Å². The van der Waals surface area contributed by atoms with Crippen molar-refractivity contribution in [1.82, 2.24) is 4.98 Å². The summed E-state index contributed by atoms with van der Waals surface area (Å²) in [6.07, 6.45) is 4.19. The maximum Gasteiger partial charge on any atom is 0.307 e. The van der Waals surface area contributed by atoms with Gasteiger partial charge in [0.15, 0.2) is 0 Å². The standard InChI is InChI=1S/C29H21ClN2O3/c30-25-15-26-23(14-22(25)20-6-4-18(5-7-20)19-8-10-31-11-9-19)29(28(35)32-26)16-24(29)21-3-1-2-17(12-21)13-27(33)34/h1-12,14-15,24H,13,16H2,(H,32,35)(H,33,34). The normalized spacial score (nSPS) is 19.9. The van der Waals surface area contributed by atoms with Crippen LogP contribution in [0, 0.1) is 0 Å². The molecule has 2 N–H and O–H groups in total. The van der Waals surface area contributed by atoms with Gasteiger partial charge in [0, 0.05) is 29.6 Å². The lowest BCUT2D eigenvalue weighted by atomic mass is 9.89. The second kappa shape index (κ2) is 8.07. The molecule has 2 aliphatic rings. The summed E-state index contributed by atoms with van der Waals surface area (Å²) in [5.41, 5.74) is 6.82.